The van der Waals surface area contributed by atoms with E-state index in [0.717, 1.165) is 34.8 Å². The number of aromatic amines is 2. The van der Waals surface area contributed by atoms with Crippen LogP contribution in [-0.2, 0) is 7.05 Å². The minimum Gasteiger partial charge on any atom is -0.492 e. The predicted octanol–water partition coefficient (Wildman–Crippen LogP) is 4.35. The van der Waals surface area contributed by atoms with E-state index in [1.165, 1.54) is 12.1 Å². The first-order valence-electron chi connectivity index (χ1n) is 12.1. The molecule has 0 amide bonds. The zero-order valence-corrected chi connectivity index (χ0v) is 21.4. The predicted molar refractivity (Wildman–Crippen MR) is 143 cm³/mol. The SMILES string of the molecule is Cc1ncc(-c2ccc3[nH]nc(-c4nc5nccc(-c6cc(F)cc(OCCN(C)C)c6)c5[nH]4)c3n2)n1C. The molecular formula is C27H26FN9O. The van der Waals surface area contributed by atoms with E-state index in [-0.39, 0.29) is 5.82 Å². The van der Waals surface area contributed by atoms with E-state index < -0.39 is 0 Å². The van der Waals surface area contributed by atoms with Gasteiger partial charge < -0.3 is 19.2 Å². The van der Waals surface area contributed by atoms with Gasteiger partial charge in [-0.1, -0.05) is 0 Å². The normalized spacial score (nSPS) is 11.7. The number of likely N-dealkylation sites (N-methyl/N-ethyl adjacent to an activating group) is 1. The van der Waals surface area contributed by atoms with Crippen molar-refractivity contribution >= 4 is 22.2 Å². The van der Waals surface area contributed by atoms with E-state index in [1.54, 1.807) is 12.4 Å². The summed E-state index contributed by atoms with van der Waals surface area (Å²) in [7, 11) is 5.88. The van der Waals surface area contributed by atoms with Gasteiger partial charge in [0, 0.05) is 31.4 Å². The van der Waals surface area contributed by atoms with Crippen LogP contribution in [0.3, 0.4) is 0 Å². The van der Waals surface area contributed by atoms with Gasteiger partial charge in [-0.05, 0) is 56.9 Å². The first kappa shape index (κ1) is 23.7. The van der Waals surface area contributed by atoms with Crippen molar-refractivity contribution in [2.75, 3.05) is 27.2 Å². The van der Waals surface area contributed by atoms with Crippen LogP contribution in [0.2, 0.25) is 0 Å². The summed E-state index contributed by atoms with van der Waals surface area (Å²) in [5, 5.41) is 7.52. The molecule has 0 aliphatic rings. The molecule has 38 heavy (non-hydrogen) atoms. The molecule has 0 atom stereocenters. The molecule has 1 aromatic carbocycles. The quantitative estimate of drug-likeness (QED) is 0.328. The zero-order chi connectivity index (χ0) is 26.4. The largest absolute Gasteiger partial charge is 0.492 e. The second kappa shape index (κ2) is 9.34. The van der Waals surface area contributed by atoms with Gasteiger partial charge in [-0.3, -0.25) is 5.10 Å². The maximum absolute atomic E-state index is 14.5. The summed E-state index contributed by atoms with van der Waals surface area (Å²) in [5.41, 5.74) is 6.27. The van der Waals surface area contributed by atoms with Crippen LogP contribution in [0.25, 0.3) is 56.2 Å². The van der Waals surface area contributed by atoms with Crippen LogP contribution in [0, 0.1) is 12.7 Å². The van der Waals surface area contributed by atoms with Gasteiger partial charge in [-0.15, -0.1) is 0 Å². The van der Waals surface area contributed by atoms with Crippen LogP contribution in [-0.4, -0.2) is 71.8 Å². The van der Waals surface area contributed by atoms with E-state index in [4.69, 9.17) is 14.7 Å². The maximum Gasteiger partial charge on any atom is 0.178 e. The average molecular weight is 512 g/mol. The smallest absolute Gasteiger partial charge is 0.178 e. The van der Waals surface area contributed by atoms with Crippen LogP contribution in [0.15, 0.2) is 48.8 Å². The summed E-state index contributed by atoms with van der Waals surface area (Å²) in [4.78, 5) is 23.7. The lowest BCUT2D eigenvalue weighted by Gasteiger charge is -2.12. The number of halogens is 1. The molecule has 10 nitrogen and oxygen atoms in total. The number of fused-ring (bicyclic) bond motifs is 2. The third-order valence-electron chi connectivity index (χ3n) is 6.50. The molecule has 0 unspecified atom stereocenters. The number of hydrogen-bond acceptors (Lipinski definition) is 7. The van der Waals surface area contributed by atoms with Crippen LogP contribution < -0.4 is 4.74 Å². The molecule has 5 heterocycles. The van der Waals surface area contributed by atoms with Gasteiger partial charge in [0.2, 0.25) is 0 Å². The fourth-order valence-electron chi connectivity index (χ4n) is 4.36. The Morgan fingerprint density at radius 3 is 2.74 bits per heavy atom. The monoisotopic (exact) mass is 511 g/mol. The molecular weight excluding hydrogens is 485 g/mol. The molecule has 5 aromatic heterocycles. The number of benzene rings is 1. The summed E-state index contributed by atoms with van der Waals surface area (Å²) < 4.78 is 22.3. The number of aromatic nitrogens is 8. The minimum atomic E-state index is -0.382. The van der Waals surface area contributed by atoms with Crippen molar-refractivity contribution in [2.24, 2.45) is 7.05 Å². The van der Waals surface area contributed by atoms with Gasteiger partial charge in [0.15, 0.2) is 17.2 Å². The minimum absolute atomic E-state index is 0.382. The van der Waals surface area contributed by atoms with Crippen molar-refractivity contribution in [3.05, 3.63) is 60.4 Å². The first-order chi connectivity index (χ1) is 18.4. The lowest BCUT2D eigenvalue weighted by Crippen LogP contribution is -2.19. The van der Waals surface area contributed by atoms with E-state index in [9.17, 15) is 4.39 Å². The summed E-state index contributed by atoms with van der Waals surface area (Å²) in [6.45, 7) is 3.13. The standard InChI is InChI=1S/C27H26FN9O/c1-15-30-14-22(37(15)4)20-5-6-21-24(31-20)25(35-34-21)27-32-23-19(7-8-29-26(23)33-27)16-11-17(28)13-18(12-16)38-10-9-36(2)3/h5-8,11-14H,9-10H2,1-4H3,(H,34,35)(H,29,32,33). The van der Waals surface area contributed by atoms with E-state index >= 15 is 0 Å². The molecule has 0 fully saturated rings. The van der Waals surface area contributed by atoms with Crippen LogP contribution >= 0.6 is 0 Å². The fraction of sp³-hybridized carbons (Fsp3) is 0.222. The van der Waals surface area contributed by atoms with E-state index in [1.807, 2.05) is 61.8 Å². The molecule has 192 valence electrons. The van der Waals surface area contributed by atoms with Crippen molar-refractivity contribution in [3.8, 4) is 39.8 Å². The molecule has 0 aliphatic carbocycles. The number of hydrogen-bond donors (Lipinski definition) is 2. The highest BCUT2D eigenvalue weighted by atomic mass is 19.1. The molecule has 0 radical (unpaired) electrons. The Labute approximate surface area is 217 Å². The number of H-pyrrole nitrogens is 2. The third-order valence-corrected chi connectivity index (χ3v) is 6.50. The summed E-state index contributed by atoms with van der Waals surface area (Å²) in [6.07, 6.45) is 3.46. The molecule has 6 aromatic rings. The zero-order valence-electron chi connectivity index (χ0n) is 21.4. The van der Waals surface area contributed by atoms with E-state index in [2.05, 4.69) is 25.1 Å². The molecule has 2 N–H and O–H groups in total. The Balaban J connectivity index is 1.41. The van der Waals surface area contributed by atoms with Crippen molar-refractivity contribution in [1.29, 1.82) is 0 Å². The number of nitrogens with zero attached hydrogens (tertiary/aromatic N) is 7. The summed E-state index contributed by atoms with van der Waals surface area (Å²) in [6, 6.07) is 10.4. The Morgan fingerprint density at radius 1 is 1.08 bits per heavy atom. The van der Waals surface area contributed by atoms with Crippen molar-refractivity contribution in [1.82, 2.24) is 44.6 Å². The van der Waals surface area contributed by atoms with Crippen LogP contribution in [0.5, 0.6) is 5.75 Å². The summed E-state index contributed by atoms with van der Waals surface area (Å²) >= 11 is 0. The number of imidazole rings is 2. The molecule has 0 bridgehead atoms. The molecule has 0 spiro atoms. The van der Waals surface area contributed by atoms with Gasteiger partial charge in [-0.2, -0.15) is 5.10 Å². The highest BCUT2D eigenvalue weighted by Gasteiger charge is 2.18. The number of pyridine rings is 2. The lowest BCUT2D eigenvalue weighted by molar-refractivity contribution is 0.260. The fourth-order valence-corrected chi connectivity index (χ4v) is 4.36. The van der Waals surface area contributed by atoms with Crippen molar-refractivity contribution in [3.63, 3.8) is 0 Å². The molecule has 0 saturated carbocycles. The Bertz CT molecular complexity index is 1780. The highest BCUT2D eigenvalue weighted by molar-refractivity contribution is 5.95. The second-order valence-corrected chi connectivity index (χ2v) is 9.38. The number of aryl methyl sites for hydroxylation is 1. The van der Waals surface area contributed by atoms with Gasteiger partial charge in [0.1, 0.15) is 29.5 Å². The van der Waals surface area contributed by atoms with E-state index in [0.29, 0.717) is 46.1 Å². The van der Waals surface area contributed by atoms with Crippen molar-refractivity contribution in [2.45, 2.75) is 6.92 Å². The van der Waals surface area contributed by atoms with Crippen LogP contribution in [0.1, 0.15) is 5.82 Å². The molecule has 6 rings (SSSR count). The Kier molecular flexibility index (Phi) is 5.84. The number of nitrogens with one attached hydrogen (secondary N) is 2. The molecule has 0 aliphatic heterocycles. The topological polar surface area (TPSA) is 113 Å². The van der Waals surface area contributed by atoms with Gasteiger partial charge >= 0.3 is 0 Å². The molecule has 11 heteroatoms. The van der Waals surface area contributed by atoms with Crippen LogP contribution in [0.4, 0.5) is 4.39 Å². The number of rotatable bonds is 7. The average Bonchev–Trinajstić information content (AvgIpc) is 3.59. The molecule has 0 saturated heterocycles. The Morgan fingerprint density at radius 2 is 1.95 bits per heavy atom. The van der Waals surface area contributed by atoms with Gasteiger partial charge in [0.25, 0.3) is 0 Å². The highest BCUT2D eigenvalue weighted by Crippen LogP contribution is 2.33. The first-order valence-corrected chi connectivity index (χ1v) is 12.1. The van der Waals surface area contributed by atoms with Crippen molar-refractivity contribution < 1.29 is 9.13 Å². The summed E-state index contributed by atoms with van der Waals surface area (Å²) in [5.74, 6) is 1.49. The van der Waals surface area contributed by atoms with Gasteiger partial charge in [-0.25, -0.2) is 24.3 Å². The maximum atomic E-state index is 14.5. The number of ether oxygens (including phenoxy) is 1. The third kappa shape index (κ3) is 4.26. The second-order valence-electron chi connectivity index (χ2n) is 9.38. The Hall–Kier alpha value is -4.64. The van der Waals surface area contributed by atoms with Gasteiger partial charge in [0.05, 0.1) is 28.6 Å². The lowest BCUT2D eigenvalue weighted by atomic mass is 10.1.